The molecular weight excluding hydrogens is 309 g/mol. The minimum absolute atomic E-state index is 0.0491. The molecular formula is C18H14FN3O2. The molecule has 0 unspecified atom stereocenters. The molecule has 2 amide bonds. The van der Waals surface area contributed by atoms with Crippen LogP contribution in [0, 0.1) is 22.6 Å². The van der Waals surface area contributed by atoms with Gasteiger partial charge in [0.2, 0.25) is 11.8 Å². The second-order valence-corrected chi connectivity index (χ2v) is 5.66. The number of hydrogen-bond donors (Lipinski definition) is 2. The van der Waals surface area contributed by atoms with E-state index in [0.29, 0.717) is 24.1 Å². The number of halogens is 1. The van der Waals surface area contributed by atoms with Crippen LogP contribution in [0.5, 0.6) is 0 Å². The maximum absolute atomic E-state index is 13.6. The summed E-state index contributed by atoms with van der Waals surface area (Å²) in [5.74, 6) is -1.53. The van der Waals surface area contributed by atoms with Crippen molar-refractivity contribution in [2.24, 2.45) is 5.41 Å². The lowest BCUT2D eigenvalue weighted by atomic mass is 10.0. The Bertz CT molecular complexity index is 853. The topological polar surface area (TPSA) is 82.0 Å². The second-order valence-electron chi connectivity index (χ2n) is 5.66. The number of nitriles is 1. The quantitative estimate of drug-likeness (QED) is 0.848. The third-order valence-corrected chi connectivity index (χ3v) is 3.99. The van der Waals surface area contributed by atoms with Gasteiger partial charge in [-0.3, -0.25) is 9.59 Å². The van der Waals surface area contributed by atoms with Gasteiger partial charge in [-0.25, -0.2) is 4.39 Å². The van der Waals surface area contributed by atoms with E-state index >= 15 is 0 Å². The van der Waals surface area contributed by atoms with Gasteiger partial charge in [0.05, 0.1) is 17.3 Å². The first kappa shape index (κ1) is 15.7. The molecule has 0 aliphatic heterocycles. The van der Waals surface area contributed by atoms with Gasteiger partial charge in [-0.15, -0.1) is 0 Å². The van der Waals surface area contributed by atoms with Gasteiger partial charge in [-0.1, -0.05) is 18.2 Å². The van der Waals surface area contributed by atoms with Crippen LogP contribution in [0.4, 0.5) is 15.8 Å². The summed E-state index contributed by atoms with van der Waals surface area (Å²) >= 11 is 0. The Morgan fingerprint density at radius 2 is 1.75 bits per heavy atom. The first-order valence-electron chi connectivity index (χ1n) is 7.43. The van der Waals surface area contributed by atoms with Crippen molar-refractivity contribution in [3.8, 4) is 6.07 Å². The number of hydrogen-bond acceptors (Lipinski definition) is 3. The summed E-state index contributed by atoms with van der Waals surface area (Å²) in [6.45, 7) is 0. The number of rotatable bonds is 4. The average molecular weight is 323 g/mol. The molecule has 1 aliphatic rings. The van der Waals surface area contributed by atoms with Gasteiger partial charge in [0, 0.05) is 5.69 Å². The average Bonchev–Trinajstić information content (AvgIpc) is 3.39. The molecule has 1 saturated carbocycles. The van der Waals surface area contributed by atoms with E-state index in [4.69, 9.17) is 5.26 Å². The fourth-order valence-corrected chi connectivity index (χ4v) is 2.40. The van der Waals surface area contributed by atoms with E-state index < -0.39 is 23.0 Å². The SMILES string of the molecule is N#Cc1cccc(NC(=O)C2(C(=O)Nc3ccccc3F)CC2)c1. The number of carbonyl (C=O) groups excluding carboxylic acids is 2. The van der Waals surface area contributed by atoms with E-state index in [0.717, 1.165) is 0 Å². The number of nitrogens with one attached hydrogen (secondary N) is 2. The molecule has 6 heteroatoms. The smallest absolute Gasteiger partial charge is 0.240 e. The molecule has 5 nitrogen and oxygen atoms in total. The molecule has 0 heterocycles. The molecule has 0 spiro atoms. The molecule has 1 aliphatic carbocycles. The van der Waals surface area contributed by atoms with Crippen molar-refractivity contribution in [2.45, 2.75) is 12.8 Å². The molecule has 0 radical (unpaired) electrons. The molecule has 2 aromatic carbocycles. The van der Waals surface area contributed by atoms with E-state index in [1.807, 2.05) is 6.07 Å². The maximum atomic E-state index is 13.6. The van der Waals surface area contributed by atoms with Gasteiger partial charge < -0.3 is 10.6 Å². The Hall–Kier alpha value is -3.20. The molecule has 1 fully saturated rings. The lowest BCUT2D eigenvalue weighted by Gasteiger charge is -2.16. The number of para-hydroxylation sites is 1. The summed E-state index contributed by atoms with van der Waals surface area (Å²) in [6, 6.07) is 14.2. The van der Waals surface area contributed by atoms with Crippen LogP contribution >= 0.6 is 0 Å². The van der Waals surface area contributed by atoms with Crippen LogP contribution in [-0.4, -0.2) is 11.8 Å². The number of benzene rings is 2. The lowest BCUT2D eigenvalue weighted by molar-refractivity contribution is -0.131. The van der Waals surface area contributed by atoms with Crippen LogP contribution in [0.15, 0.2) is 48.5 Å². The standard InChI is InChI=1S/C18H14FN3O2/c19-14-6-1-2-7-15(14)22-17(24)18(8-9-18)16(23)21-13-5-3-4-12(10-13)11-20/h1-7,10H,8-9H2,(H,21,23)(H,22,24). The van der Waals surface area contributed by atoms with Crippen molar-refractivity contribution in [3.05, 3.63) is 59.9 Å². The fourth-order valence-electron chi connectivity index (χ4n) is 2.40. The summed E-state index contributed by atoms with van der Waals surface area (Å²) in [5.41, 5.74) is -0.282. The minimum Gasteiger partial charge on any atom is -0.325 e. The van der Waals surface area contributed by atoms with Crippen LogP contribution in [0.25, 0.3) is 0 Å². The first-order valence-corrected chi connectivity index (χ1v) is 7.43. The Labute approximate surface area is 138 Å². The van der Waals surface area contributed by atoms with E-state index in [-0.39, 0.29) is 5.69 Å². The van der Waals surface area contributed by atoms with Crippen molar-refractivity contribution >= 4 is 23.2 Å². The van der Waals surface area contributed by atoms with Crippen molar-refractivity contribution in [1.29, 1.82) is 5.26 Å². The van der Waals surface area contributed by atoms with E-state index in [1.54, 1.807) is 24.3 Å². The molecule has 0 atom stereocenters. The Kier molecular flexibility index (Phi) is 4.00. The molecule has 0 aromatic heterocycles. The fraction of sp³-hybridized carbons (Fsp3) is 0.167. The first-order chi connectivity index (χ1) is 11.5. The van der Waals surface area contributed by atoms with E-state index in [2.05, 4.69) is 10.6 Å². The molecule has 3 rings (SSSR count). The summed E-state index contributed by atoms with van der Waals surface area (Å²) in [5, 5.41) is 14.0. The highest BCUT2D eigenvalue weighted by Gasteiger charge is 2.56. The van der Waals surface area contributed by atoms with Crippen LogP contribution < -0.4 is 10.6 Å². The third kappa shape index (κ3) is 2.97. The van der Waals surface area contributed by atoms with Crippen LogP contribution in [-0.2, 0) is 9.59 Å². The molecule has 2 aromatic rings. The molecule has 0 saturated heterocycles. The second kappa shape index (κ2) is 6.13. The van der Waals surface area contributed by atoms with Crippen molar-refractivity contribution in [1.82, 2.24) is 0 Å². The lowest BCUT2D eigenvalue weighted by Crippen LogP contribution is -2.35. The molecule has 0 bridgehead atoms. The number of carbonyl (C=O) groups is 2. The largest absolute Gasteiger partial charge is 0.325 e. The van der Waals surface area contributed by atoms with Crippen molar-refractivity contribution in [3.63, 3.8) is 0 Å². The summed E-state index contributed by atoms with van der Waals surface area (Å²) < 4.78 is 13.6. The van der Waals surface area contributed by atoms with E-state index in [9.17, 15) is 14.0 Å². The van der Waals surface area contributed by atoms with Gasteiger partial charge in [-0.2, -0.15) is 5.26 Å². The van der Waals surface area contributed by atoms with Crippen LogP contribution in [0.3, 0.4) is 0 Å². The van der Waals surface area contributed by atoms with Crippen molar-refractivity contribution in [2.75, 3.05) is 10.6 Å². The predicted molar refractivity (Wildman–Crippen MR) is 86.5 cm³/mol. The van der Waals surface area contributed by atoms with Crippen LogP contribution in [0.1, 0.15) is 18.4 Å². The highest BCUT2D eigenvalue weighted by atomic mass is 19.1. The van der Waals surface area contributed by atoms with Crippen LogP contribution in [0.2, 0.25) is 0 Å². The number of nitrogens with zero attached hydrogens (tertiary/aromatic N) is 1. The summed E-state index contributed by atoms with van der Waals surface area (Å²) in [7, 11) is 0. The molecule has 24 heavy (non-hydrogen) atoms. The Morgan fingerprint density at radius 1 is 1.04 bits per heavy atom. The predicted octanol–water partition coefficient (Wildman–Crippen LogP) is 3.05. The highest BCUT2D eigenvalue weighted by molar-refractivity contribution is 6.16. The van der Waals surface area contributed by atoms with Gasteiger partial charge in [0.1, 0.15) is 11.2 Å². The van der Waals surface area contributed by atoms with Crippen molar-refractivity contribution < 1.29 is 14.0 Å². The normalized spacial score (nSPS) is 14.3. The molecule has 120 valence electrons. The monoisotopic (exact) mass is 323 g/mol. The van der Waals surface area contributed by atoms with Gasteiger partial charge in [0.15, 0.2) is 0 Å². The molecule has 2 N–H and O–H groups in total. The number of anilines is 2. The third-order valence-electron chi connectivity index (χ3n) is 3.99. The van der Waals surface area contributed by atoms with E-state index in [1.165, 1.54) is 24.3 Å². The zero-order valence-corrected chi connectivity index (χ0v) is 12.7. The zero-order chi connectivity index (χ0) is 17.2. The Balaban J connectivity index is 1.73. The summed E-state index contributed by atoms with van der Waals surface area (Å²) in [6.07, 6.45) is 0.800. The zero-order valence-electron chi connectivity index (χ0n) is 12.7. The van der Waals surface area contributed by atoms with Gasteiger partial charge in [0.25, 0.3) is 0 Å². The van der Waals surface area contributed by atoms with Gasteiger partial charge in [-0.05, 0) is 43.2 Å². The maximum Gasteiger partial charge on any atom is 0.240 e. The van der Waals surface area contributed by atoms with Gasteiger partial charge >= 0.3 is 0 Å². The minimum atomic E-state index is -1.19. The Morgan fingerprint density at radius 3 is 2.42 bits per heavy atom. The summed E-state index contributed by atoms with van der Waals surface area (Å²) in [4.78, 5) is 24.9. The number of amides is 2. The highest BCUT2D eigenvalue weighted by Crippen LogP contribution is 2.47.